The van der Waals surface area contributed by atoms with E-state index in [-0.39, 0.29) is 0 Å². The van der Waals surface area contributed by atoms with Crippen LogP contribution in [0.5, 0.6) is 0 Å². The molecule has 1 saturated heterocycles. The highest BCUT2D eigenvalue weighted by Crippen LogP contribution is 2.31. The van der Waals surface area contributed by atoms with Crippen molar-refractivity contribution in [3.63, 3.8) is 0 Å². The van der Waals surface area contributed by atoms with Crippen molar-refractivity contribution in [1.29, 1.82) is 0 Å². The third-order valence-corrected chi connectivity index (χ3v) is 5.68. The molecule has 0 aliphatic carbocycles. The third-order valence-electron chi connectivity index (χ3n) is 4.53. The van der Waals surface area contributed by atoms with E-state index in [9.17, 15) is 0 Å². The molecular weight excluding hydrogens is 296 g/mol. The van der Waals surface area contributed by atoms with Gasteiger partial charge in [-0.1, -0.05) is 0 Å². The Bertz CT molecular complexity index is 616. The molecule has 4 heterocycles. The fourth-order valence-electron chi connectivity index (χ4n) is 3.13. The van der Waals surface area contributed by atoms with Crippen LogP contribution in [0.15, 0.2) is 22.8 Å². The van der Waals surface area contributed by atoms with Crippen LogP contribution in [0, 0.1) is 0 Å². The van der Waals surface area contributed by atoms with Crippen molar-refractivity contribution >= 4 is 16.5 Å². The lowest BCUT2D eigenvalue weighted by Gasteiger charge is -2.32. The summed E-state index contributed by atoms with van der Waals surface area (Å²) in [5, 5.41) is 1.22. The van der Waals surface area contributed by atoms with Gasteiger partial charge in [0.15, 0.2) is 5.13 Å². The summed E-state index contributed by atoms with van der Waals surface area (Å²) in [5.41, 5.74) is 1.31. The van der Waals surface area contributed by atoms with E-state index < -0.39 is 0 Å². The number of aromatic nitrogens is 1. The average Bonchev–Trinajstić information content (AvgIpc) is 3.17. The van der Waals surface area contributed by atoms with Crippen LogP contribution in [0.25, 0.3) is 0 Å². The molecule has 0 bridgehead atoms. The Morgan fingerprint density at radius 2 is 2.09 bits per heavy atom. The third kappa shape index (κ3) is 2.91. The van der Waals surface area contributed by atoms with E-state index in [4.69, 9.17) is 9.40 Å². The number of thiazole rings is 1. The SMILES string of the molecule is CN1CCN(c2nc3c(s2)CN(Cc2ccco2)CC3)CC1. The van der Waals surface area contributed by atoms with Crippen molar-refractivity contribution in [2.24, 2.45) is 0 Å². The number of hydrogen-bond donors (Lipinski definition) is 0. The number of anilines is 1. The lowest BCUT2D eigenvalue weighted by Crippen LogP contribution is -2.44. The molecule has 2 aromatic rings. The molecule has 0 radical (unpaired) electrons. The van der Waals surface area contributed by atoms with E-state index in [1.807, 2.05) is 17.4 Å². The number of nitrogens with zero attached hydrogens (tertiary/aromatic N) is 4. The van der Waals surface area contributed by atoms with Gasteiger partial charge in [0.05, 0.1) is 18.5 Å². The number of piperazine rings is 1. The number of rotatable bonds is 3. The maximum Gasteiger partial charge on any atom is 0.185 e. The first-order valence-corrected chi connectivity index (χ1v) is 8.76. The van der Waals surface area contributed by atoms with Gasteiger partial charge in [-0.05, 0) is 19.2 Å². The predicted octanol–water partition coefficient (Wildman–Crippen LogP) is 2.05. The highest BCUT2D eigenvalue weighted by atomic mass is 32.1. The van der Waals surface area contributed by atoms with E-state index in [1.54, 1.807) is 6.26 Å². The first-order chi connectivity index (χ1) is 10.8. The summed E-state index contributed by atoms with van der Waals surface area (Å²) < 4.78 is 5.47. The molecule has 22 heavy (non-hydrogen) atoms. The molecule has 2 aliphatic rings. The molecule has 6 heteroatoms. The molecule has 0 atom stereocenters. The van der Waals surface area contributed by atoms with Crippen molar-refractivity contribution in [1.82, 2.24) is 14.8 Å². The Balaban J connectivity index is 1.44. The van der Waals surface area contributed by atoms with E-state index in [0.29, 0.717) is 0 Å². The summed E-state index contributed by atoms with van der Waals surface area (Å²) in [6.07, 6.45) is 2.81. The topological polar surface area (TPSA) is 35.8 Å². The van der Waals surface area contributed by atoms with Gasteiger partial charge in [0.1, 0.15) is 5.76 Å². The van der Waals surface area contributed by atoms with Crippen molar-refractivity contribution in [3.8, 4) is 0 Å². The van der Waals surface area contributed by atoms with Gasteiger partial charge in [0, 0.05) is 50.6 Å². The van der Waals surface area contributed by atoms with Crippen LogP contribution in [0.1, 0.15) is 16.3 Å². The number of furan rings is 1. The van der Waals surface area contributed by atoms with Gasteiger partial charge in [-0.15, -0.1) is 11.3 Å². The Hall–Kier alpha value is -1.37. The van der Waals surface area contributed by atoms with Crippen LogP contribution < -0.4 is 4.90 Å². The number of fused-ring (bicyclic) bond motifs is 1. The zero-order valence-corrected chi connectivity index (χ0v) is 13.8. The zero-order valence-electron chi connectivity index (χ0n) is 13.0. The zero-order chi connectivity index (χ0) is 14.9. The normalized spacial score (nSPS) is 20.3. The second kappa shape index (κ2) is 6.02. The van der Waals surface area contributed by atoms with Gasteiger partial charge in [-0.2, -0.15) is 0 Å². The first-order valence-electron chi connectivity index (χ1n) is 7.95. The quantitative estimate of drug-likeness (QED) is 0.865. The van der Waals surface area contributed by atoms with E-state index in [0.717, 1.165) is 58.0 Å². The van der Waals surface area contributed by atoms with E-state index in [2.05, 4.69) is 27.8 Å². The molecular formula is C16H22N4OS. The summed E-state index contributed by atoms with van der Waals surface area (Å²) in [5.74, 6) is 1.05. The van der Waals surface area contributed by atoms with E-state index in [1.165, 1.54) is 15.7 Å². The maximum absolute atomic E-state index is 5.47. The Morgan fingerprint density at radius 3 is 2.86 bits per heavy atom. The minimum Gasteiger partial charge on any atom is -0.468 e. The van der Waals surface area contributed by atoms with Gasteiger partial charge >= 0.3 is 0 Å². The fraction of sp³-hybridized carbons (Fsp3) is 0.562. The Labute approximate surface area is 135 Å². The van der Waals surface area contributed by atoms with Crippen LogP contribution in [0.3, 0.4) is 0 Å². The smallest absolute Gasteiger partial charge is 0.185 e. The molecule has 118 valence electrons. The molecule has 0 saturated carbocycles. The average molecular weight is 318 g/mol. The molecule has 0 amide bonds. The summed E-state index contributed by atoms with van der Waals surface area (Å²) in [6, 6.07) is 4.01. The van der Waals surface area contributed by atoms with Crippen molar-refractivity contribution in [2.45, 2.75) is 19.5 Å². The van der Waals surface area contributed by atoms with Crippen molar-refractivity contribution in [3.05, 3.63) is 34.7 Å². The second-order valence-electron chi connectivity index (χ2n) is 6.20. The molecule has 0 spiro atoms. The number of hydrogen-bond acceptors (Lipinski definition) is 6. The van der Waals surface area contributed by atoms with Crippen LogP contribution in [-0.2, 0) is 19.5 Å². The standard InChI is InChI=1S/C16H22N4OS/c1-18-6-8-20(9-7-18)16-17-14-4-5-19(12-15(14)22-16)11-13-3-2-10-21-13/h2-3,10H,4-9,11-12H2,1H3. The van der Waals surface area contributed by atoms with Gasteiger partial charge in [-0.25, -0.2) is 4.98 Å². The minimum atomic E-state index is 0.897. The molecule has 1 fully saturated rings. The molecule has 0 unspecified atom stereocenters. The van der Waals surface area contributed by atoms with Gasteiger partial charge < -0.3 is 14.2 Å². The lowest BCUT2D eigenvalue weighted by atomic mass is 10.2. The summed E-state index contributed by atoms with van der Waals surface area (Å²) in [6.45, 7) is 7.43. The van der Waals surface area contributed by atoms with Crippen LogP contribution in [-0.4, -0.2) is 54.6 Å². The highest BCUT2D eigenvalue weighted by Gasteiger charge is 2.24. The second-order valence-corrected chi connectivity index (χ2v) is 7.26. The summed E-state index contributed by atoms with van der Waals surface area (Å²) in [7, 11) is 2.19. The summed E-state index contributed by atoms with van der Waals surface area (Å²) in [4.78, 5) is 13.6. The Kier molecular flexibility index (Phi) is 3.90. The van der Waals surface area contributed by atoms with Crippen molar-refractivity contribution < 1.29 is 4.42 Å². The fourth-order valence-corrected chi connectivity index (χ4v) is 4.33. The number of likely N-dealkylation sites (N-methyl/N-ethyl adjacent to an activating group) is 1. The molecule has 5 nitrogen and oxygen atoms in total. The molecule has 4 rings (SSSR count). The largest absolute Gasteiger partial charge is 0.468 e. The molecule has 0 N–H and O–H groups in total. The van der Waals surface area contributed by atoms with E-state index >= 15 is 0 Å². The van der Waals surface area contributed by atoms with Crippen LogP contribution in [0.4, 0.5) is 5.13 Å². The maximum atomic E-state index is 5.47. The first kappa shape index (κ1) is 14.2. The lowest BCUT2D eigenvalue weighted by molar-refractivity contribution is 0.227. The van der Waals surface area contributed by atoms with Crippen LogP contribution in [0.2, 0.25) is 0 Å². The molecule has 2 aromatic heterocycles. The molecule has 2 aliphatic heterocycles. The predicted molar refractivity (Wildman–Crippen MR) is 88.4 cm³/mol. The minimum absolute atomic E-state index is 0.897. The Morgan fingerprint density at radius 1 is 1.23 bits per heavy atom. The van der Waals surface area contributed by atoms with Crippen molar-refractivity contribution in [2.75, 3.05) is 44.7 Å². The van der Waals surface area contributed by atoms with Gasteiger partial charge in [0.25, 0.3) is 0 Å². The van der Waals surface area contributed by atoms with Crippen LogP contribution >= 0.6 is 11.3 Å². The summed E-state index contributed by atoms with van der Waals surface area (Å²) >= 11 is 1.88. The highest BCUT2D eigenvalue weighted by molar-refractivity contribution is 7.15. The monoisotopic (exact) mass is 318 g/mol. The molecule has 0 aromatic carbocycles. The van der Waals surface area contributed by atoms with Gasteiger partial charge in [0.2, 0.25) is 0 Å². The van der Waals surface area contributed by atoms with Gasteiger partial charge in [-0.3, -0.25) is 4.90 Å².